The molecule has 4 heteroatoms. The van der Waals surface area contributed by atoms with Gasteiger partial charge in [0.25, 0.3) is 5.91 Å². The van der Waals surface area contributed by atoms with Crippen molar-refractivity contribution in [3.05, 3.63) is 70.2 Å². The Kier molecular flexibility index (Phi) is 5.89. The largest absolute Gasteiger partial charge is 0.352 e. The minimum atomic E-state index is -0.0170. The molecule has 24 heavy (non-hydrogen) atoms. The monoisotopic (exact) mass is 342 g/mol. The fourth-order valence-corrected chi connectivity index (χ4v) is 3.16. The third-order valence-electron chi connectivity index (χ3n) is 4.43. The van der Waals surface area contributed by atoms with Crippen LogP contribution in [0.15, 0.2) is 48.5 Å². The predicted molar refractivity (Wildman–Crippen MR) is 98.4 cm³/mol. The number of carbonyl (C=O) groups excluding carboxylic acids is 1. The van der Waals surface area contributed by atoms with Gasteiger partial charge in [0.15, 0.2) is 0 Å². The Bertz CT molecular complexity index is 661. The van der Waals surface area contributed by atoms with Gasteiger partial charge in [-0.25, -0.2) is 0 Å². The van der Waals surface area contributed by atoms with Crippen molar-refractivity contribution in [3.8, 4) is 0 Å². The molecule has 1 fully saturated rings. The number of nitrogens with zero attached hydrogens (tertiary/aromatic N) is 1. The van der Waals surface area contributed by atoms with Crippen LogP contribution in [0.5, 0.6) is 0 Å². The van der Waals surface area contributed by atoms with E-state index in [1.165, 1.54) is 37.1 Å². The molecule has 3 rings (SSSR count). The molecule has 0 aromatic heterocycles. The highest BCUT2D eigenvalue weighted by Crippen LogP contribution is 2.13. The lowest BCUT2D eigenvalue weighted by molar-refractivity contribution is 0.0954. The molecule has 1 N–H and O–H groups in total. The Hall–Kier alpha value is -1.84. The molecule has 1 heterocycles. The zero-order chi connectivity index (χ0) is 16.8. The SMILES string of the molecule is O=C(NCCc1ccc(Cl)cc1)c1ccc(CN2CCCC2)cc1. The van der Waals surface area contributed by atoms with Crippen molar-refractivity contribution in [1.29, 1.82) is 0 Å². The number of amides is 1. The number of rotatable bonds is 6. The standard InChI is InChI=1S/C20H23ClN2O/c21-19-9-5-16(6-10-19)11-12-22-20(24)18-7-3-17(4-8-18)15-23-13-1-2-14-23/h3-10H,1-2,11-15H2,(H,22,24). The first kappa shape index (κ1) is 17.0. The van der Waals surface area contributed by atoms with E-state index in [1.54, 1.807) is 0 Å². The lowest BCUT2D eigenvalue weighted by Crippen LogP contribution is -2.25. The van der Waals surface area contributed by atoms with Crippen molar-refractivity contribution in [2.45, 2.75) is 25.8 Å². The molecule has 126 valence electrons. The summed E-state index contributed by atoms with van der Waals surface area (Å²) < 4.78 is 0. The van der Waals surface area contributed by atoms with Gasteiger partial charge in [-0.2, -0.15) is 0 Å². The number of nitrogens with one attached hydrogen (secondary N) is 1. The summed E-state index contributed by atoms with van der Waals surface area (Å²) in [7, 11) is 0. The van der Waals surface area contributed by atoms with Gasteiger partial charge in [0, 0.05) is 23.7 Å². The maximum absolute atomic E-state index is 12.2. The van der Waals surface area contributed by atoms with Crippen LogP contribution >= 0.6 is 11.6 Å². The summed E-state index contributed by atoms with van der Waals surface area (Å²) in [6, 6.07) is 15.7. The van der Waals surface area contributed by atoms with E-state index in [0.717, 1.165) is 23.6 Å². The van der Waals surface area contributed by atoms with Gasteiger partial charge >= 0.3 is 0 Å². The predicted octanol–water partition coefficient (Wildman–Crippen LogP) is 3.91. The minimum absolute atomic E-state index is 0.0170. The van der Waals surface area contributed by atoms with E-state index in [9.17, 15) is 4.79 Å². The fraction of sp³-hybridized carbons (Fsp3) is 0.350. The van der Waals surface area contributed by atoms with E-state index in [2.05, 4.69) is 22.3 Å². The van der Waals surface area contributed by atoms with Crippen LogP contribution < -0.4 is 5.32 Å². The van der Waals surface area contributed by atoms with E-state index in [0.29, 0.717) is 6.54 Å². The molecule has 0 saturated carbocycles. The zero-order valence-corrected chi connectivity index (χ0v) is 14.6. The highest BCUT2D eigenvalue weighted by molar-refractivity contribution is 6.30. The van der Waals surface area contributed by atoms with Crippen molar-refractivity contribution >= 4 is 17.5 Å². The number of carbonyl (C=O) groups is 1. The minimum Gasteiger partial charge on any atom is -0.352 e. The average Bonchev–Trinajstić information content (AvgIpc) is 3.10. The van der Waals surface area contributed by atoms with Gasteiger partial charge in [-0.3, -0.25) is 9.69 Å². The van der Waals surface area contributed by atoms with Gasteiger partial charge < -0.3 is 5.32 Å². The Labute approximate surface area is 148 Å². The third kappa shape index (κ3) is 4.83. The Balaban J connectivity index is 1.46. The van der Waals surface area contributed by atoms with Crippen LogP contribution in [0.4, 0.5) is 0 Å². The van der Waals surface area contributed by atoms with E-state index < -0.39 is 0 Å². The summed E-state index contributed by atoms with van der Waals surface area (Å²) in [5.74, 6) is -0.0170. The van der Waals surface area contributed by atoms with Crippen molar-refractivity contribution < 1.29 is 4.79 Å². The first-order chi connectivity index (χ1) is 11.7. The number of likely N-dealkylation sites (tertiary alicyclic amines) is 1. The van der Waals surface area contributed by atoms with E-state index in [4.69, 9.17) is 11.6 Å². The summed E-state index contributed by atoms with van der Waals surface area (Å²) in [5, 5.41) is 3.71. The lowest BCUT2D eigenvalue weighted by atomic mass is 10.1. The Morgan fingerprint density at radius 3 is 2.25 bits per heavy atom. The second-order valence-electron chi connectivity index (χ2n) is 6.31. The average molecular weight is 343 g/mol. The van der Waals surface area contributed by atoms with Crippen molar-refractivity contribution in [2.75, 3.05) is 19.6 Å². The lowest BCUT2D eigenvalue weighted by Gasteiger charge is -2.14. The van der Waals surface area contributed by atoms with Crippen LogP contribution in [0.3, 0.4) is 0 Å². The molecule has 1 aliphatic rings. The smallest absolute Gasteiger partial charge is 0.251 e. The molecule has 3 nitrogen and oxygen atoms in total. The first-order valence-corrected chi connectivity index (χ1v) is 8.92. The molecule has 0 bridgehead atoms. The van der Waals surface area contributed by atoms with Gasteiger partial charge in [0.2, 0.25) is 0 Å². The molecule has 0 radical (unpaired) electrons. The fourth-order valence-electron chi connectivity index (χ4n) is 3.03. The summed E-state index contributed by atoms with van der Waals surface area (Å²) in [6.45, 7) is 3.98. The number of benzene rings is 2. The molecule has 1 aliphatic heterocycles. The summed E-state index contributed by atoms with van der Waals surface area (Å²) in [4.78, 5) is 14.7. The summed E-state index contributed by atoms with van der Waals surface area (Å²) in [5.41, 5.74) is 3.16. The molecule has 0 aliphatic carbocycles. The highest BCUT2D eigenvalue weighted by Gasteiger charge is 2.12. The van der Waals surface area contributed by atoms with Crippen LogP contribution in [0.25, 0.3) is 0 Å². The van der Waals surface area contributed by atoms with Crippen molar-refractivity contribution in [1.82, 2.24) is 10.2 Å². The van der Waals surface area contributed by atoms with Gasteiger partial charge in [-0.05, 0) is 67.7 Å². The number of hydrogen-bond donors (Lipinski definition) is 1. The zero-order valence-electron chi connectivity index (χ0n) is 13.8. The van der Waals surface area contributed by atoms with Crippen LogP contribution in [0, 0.1) is 0 Å². The maximum Gasteiger partial charge on any atom is 0.251 e. The quantitative estimate of drug-likeness (QED) is 0.863. The topological polar surface area (TPSA) is 32.3 Å². The van der Waals surface area contributed by atoms with Gasteiger partial charge in [-0.15, -0.1) is 0 Å². The second-order valence-corrected chi connectivity index (χ2v) is 6.75. The van der Waals surface area contributed by atoms with E-state index in [1.807, 2.05) is 36.4 Å². The van der Waals surface area contributed by atoms with Crippen LogP contribution in [0.1, 0.15) is 34.3 Å². The highest BCUT2D eigenvalue weighted by atomic mass is 35.5. The second kappa shape index (κ2) is 8.32. The van der Waals surface area contributed by atoms with Crippen LogP contribution in [-0.4, -0.2) is 30.4 Å². The first-order valence-electron chi connectivity index (χ1n) is 8.55. The molecule has 0 unspecified atom stereocenters. The van der Waals surface area contributed by atoms with Crippen LogP contribution in [-0.2, 0) is 13.0 Å². The summed E-state index contributed by atoms with van der Waals surface area (Å²) in [6.07, 6.45) is 3.40. The molecule has 1 amide bonds. The molecule has 0 atom stereocenters. The number of hydrogen-bond acceptors (Lipinski definition) is 2. The molecule has 2 aromatic carbocycles. The maximum atomic E-state index is 12.2. The molecular formula is C20H23ClN2O. The summed E-state index contributed by atoms with van der Waals surface area (Å²) >= 11 is 5.87. The van der Waals surface area contributed by atoms with E-state index >= 15 is 0 Å². The molecule has 1 saturated heterocycles. The number of halogens is 1. The molecule has 2 aromatic rings. The molecular weight excluding hydrogens is 320 g/mol. The van der Waals surface area contributed by atoms with Crippen molar-refractivity contribution in [2.24, 2.45) is 0 Å². The van der Waals surface area contributed by atoms with E-state index in [-0.39, 0.29) is 5.91 Å². The van der Waals surface area contributed by atoms with Gasteiger partial charge in [-0.1, -0.05) is 35.9 Å². The van der Waals surface area contributed by atoms with Gasteiger partial charge in [0.05, 0.1) is 0 Å². The third-order valence-corrected chi connectivity index (χ3v) is 4.69. The Morgan fingerprint density at radius 1 is 0.958 bits per heavy atom. The Morgan fingerprint density at radius 2 is 1.58 bits per heavy atom. The van der Waals surface area contributed by atoms with Gasteiger partial charge in [0.1, 0.15) is 0 Å². The van der Waals surface area contributed by atoms with Crippen LogP contribution in [0.2, 0.25) is 5.02 Å². The molecule has 0 spiro atoms. The normalized spacial score (nSPS) is 14.7. The van der Waals surface area contributed by atoms with Crippen molar-refractivity contribution in [3.63, 3.8) is 0 Å².